The fourth-order valence-corrected chi connectivity index (χ4v) is 8.92. The Hall–Kier alpha value is -6.69. The Morgan fingerprint density at radius 2 is 1.58 bits per heavy atom. The largest absolute Gasteiger partial charge is 0.508 e. The SMILES string of the molecule is O=C(NCCCCCCCCOc1ccc(Cc2nc3c(Cc4ccccc4)nc(-c4ccc(O)cc4)cn3c2O)cc1F)c1cc2cc3c4c(c2oc1=O)CCCN4CCC3. The Bertz CT molecular complexity index is 2800. The van der Waals surface area contributed by atoms with Gasteiger partial charge in [-0.15, -0.1) is 0 Å². The van der Waals surface area contributed by atoms with Gasteiger partial charge in [-0.05, 0) is 104 Å². The van der Waals surface area contributed by atoms with Crippen molar-refractivity contribution in [2.75, 3.05) is 31.1 Å². The molecule has 1 amide bonds. The number of unbranched alkanes of at least 4 members (excludes halogenated alkanes) is 5. The highest BCUT2D eigenvalue weighted by Crippen LogP contribution is 2.40. The van der Waals surface area contributed by atoms with Gasteiger partial charge in [-0.25, -0.2) is 19.2 Å². The van der Waals surface area contributed by atoms with Crippen LogP contribution in [-0.2, 0) is 25.7 Å². The fraction of sp³-hybridized carbons (Fsp3) is 0.320. The average molecular weight is 836 g/mol. The number of anilines is 1. The third kappa shape index (κ3) is 8.72. The standard InChI is InChI=1S/C50H50FN5O6/c51-40-26-33(28-42-49(59)56-31-43(34-17-19-37(57)20-18-34)53-41(47(56)54-42)27-32-12-6-5-7-13-32)16-21-44(40)61-25-9-4-2-1-3-8-22-52-48(58)39-30-36-29-35-14-10-23-55-24-11-15-38(45(35)55)46(36)62-50(39)60/h5-7,12-13,16-21,26,29-31,57,59H,1-4,8-11,14-15,22-25,27-28H2,(H,52,58). The molecule has 3 N–H and O–H groups in total. The Balaban J connectivity index is 0.731. The van der Waals surface area contributed by atoms with Crippen molar-refractivity contribution < 1.29 is 28.6 Å². The number of nitrogens with zero attached hydrogens (tertiary/aromatic N) is 4. The smallest absolute Gasteiger partial charge is 0.349 e. The predicted molar refractivity (Wildman–Crippen MR) is 237 cm³/mol. The lowest BCUT2D eigenvalue weighted by atomic mass is 9.90. The van der Waals surface area contributed by atoms with Gasteiger partial charge in [0.1, 0.15) is 22.6 Å². The van der Waals surface area contributed by atoms with Gasteiger partial charge in [-0.2, -0.15) is 0 Å². The normalized spacial score (nSPS) is 13.4. The minimum absolute atomic E-state index is 0.0458. The summed E-state index contributed by atoms with van der Waals surface area (Å²) < 4.78 is 28.5. The lowest BCUT2D eigenvalue weighted by Crippen LogP contribution is -2.34. The van der Waals surface area contributed by atoms with E-state index in [1.165, 1.54) is 17.3 Å². The summed E-state index contributed by atoms with van der Waals surface area (Å²) in [6.45, 7) is 2.93. The average Bonchev–Trinajstić information content (AvgIpc) is 3.59. The van der Waals surface area contributed by atoms with Gasteiger partial charge in [0.05, 0.1) is 18.0 Å². The van der Waals surface area contributed by atoms with Crippen molar-refractivity contribution in [1.29, 1.82) is 0 Å². The highest BCUT2D eigenvalue weighted by molar-refractivity contribution is 5.98. The van der Waals surface area contributed by atoms with E-state index < -0.39 is 17.3 Å². The molecule has 0 atom stereocenters. The first-order valence-corrected chi connectivity index (χ1v) is 21.8. The van der Waals surface area contributed by atoms with E-state index >= 15 is 4.39 Å². The van der Waals surface area contributed by atoms with Crippen LogP contribution in [0.4, 0.5) is 10.1 Å². The van der Waals surface area contributed by atoms with Crippen LogP contribution in [0.5, 0.6) is 17.4 Å². The molecule has 2 aliphatic heterocycles. The fourth-order valence-electron chi connectivity index (χ4n) is 8.92. The van der Waals surface area contributed by atoms with E-state index in [1.807, 2.05) is 30.3 Å². The molecule has 0 unspecified atom stereocenters. The third-order valence-electron chi connectivity index (χ3n) is 12.0. The number of fused-ring (bicyclic) bond motifs is 3. The Morgan fingerprint density at radius 3 is 2.39 bits per heavy atom. The Labute approximate surface area is 358 Å². The first-order chi connectivity index (χ1) is 30.3. The topological polar surface area (TPSA) is 142 Å². The van der Waals surface area contributed by atoms with Crippen molar-refractivity contribution in [3.63, 3.8) is 0 Å². The van der Waals surface area contributed by atoms with E-state index in [-0.39, 0.29) is 29.4 Å². The van der Waals surface area contributed by atoms with Crippen molar-refractivity contribution in [2.45, 2.75) is 77.0 Å². The van der Waals surface area contributed by atoms with Gasteiger partial charge in [0.15, 0.2) is 17.2 Å². The van der Waals surface area contributed by atoms with Crippen LogP contribution >= 0.6 is 0 Å². The van der Waals surface area contributed by atoms with E-state index in [0.29, 0.717) is 53.4 Å². The molecule has 0 saturated carbocycles. The lowest BCUT2D eigenvalue weighted by Gasteiger charge is -2.37. The summed E-state index contributed by atoms with van der Waals surface area (Å²) in [6, 6.07) is 25.3. The van der Waals surface area contributed by atoms with Gasteiger partial charge < -0.3 is 29.6 Å². The Kier molecular flexibility index (Phi) is 11.9. The van der Waals surface area contributed by atoms with Crippen LogP contribution in [0.25, 0.3) is 27.9 Å². The molecule has 0 radical (unpaired) electrons. The van der Waals surface area contributed by atoms with E-state index in [4.69, 9.17) is 19.1 Å². The van der Waals surface area contributed by atoms with Crippen LogP contribution in [0.1, 0.15) is 95.4 Å². The van der Waals surface area contributed by atoms with Crippen molar-refractivity contribution in [3.05, 3.63) is 147 Å². The summed E-state index contributed by atoms with van der Waals surface area (Å²) in [5.41, 5.74) is 8.37. The highest BCUT2D eigenvalue weighted by atomic mass is 19.1. The summed E-state index contributed by atoms with van der Waals surface area (Å²) in [6.07, 6.45) is 11.8. The van der Waals surface area contributed by atoms with Crippen LogP contribution in [0.15, 0.2) is 100 Å². The summed E-state index contributed by atoms with van der Waals surface area (Å²) in [4.78, 5) is 38.0. The minimum atomic E-state index is -0.588. The van der Waals surface area contributed by atoms with Crippen molar-refractivity contribution >= 4 is 28.2 Å². The first kappa shape index (κ1) is 40.7. The second-order valence-electron chi connectivity index (χ2n) is 16.4. The van der Waals surface area contributed by atoms with Gasteiger partial charge in [-0.1, -0.05) is 62.1 Å². The molecule has 0 bridgehead atoms. The monoisotopic (exact) mass is 835 g/mol. The molecular formula is C50H50FN5O6. The molecule has 0 aliphatic carbocycles. The van der Waals surface area contributed by atoms with Gasteiger partial charge >= 0.3 is 5.63 Å². The number of rotatable bonds is 16. The molecule has 62 heavy (non-hydrogen) atoms. The van der Waals surface area contributed by atoms with Gasteiger partial charge in [-0.3, -0.25) is 9.20 Å². The summed E-state index contributed by atoms with van der Waals surface area (Å²) in [5, 5.41) is 24.9. The molecule has 5 heterocycles. The number of benzene rings is 4. The van der Waals surface area contributed by atoms with Crippen molar-refractivity contribution in [3.8, 4) is 28.6 Å². The number of phenols is 1. The molecule has 4 aromatic carbocycles. The van der Waals surface area contributed by atoms with Crippen LogP contribution in [0, 0.1) is 5.82 Å². The number of hydrogen-bond acceptors (Lipinski definition) is 9. The van der Waals surface area contributed by atoms with Gasteiger partial charge in [0, 0.05) is 60.9 Å². The predicted octanol–water partition coefficient (Wildman–Crippen LogP) is 9.08. The number of hydrogen-bond donors (Lipinski definition) is 3. The molecule has 7 aromatic rings. The second-order valence-corrected chi connectivity index (χ2v) is 16.4. The third-order valence-corrected chi connectivity index (χ3v) is 12.0. The zero-order chi connectivity index (χ0) is 42.6. The number of aromatic nitrogens is 3. The zero-order valence-electron chi connectivity index (χ0n) is 34.7. The molecule has 9 rings (SSSR count). The Morgan fingerprint density at radius 1 is 0.823 bits per heavy atom. The molecule has 2 aliphatic rings. The van der Waals surface area contributed by atoms with E-state index in [0.717, 1.165) is 99.4 Å². The summed E-state index contributed by atoms with van der Waals surface area (Å²) in [7, 11) is 0. The number of carbonyl (C=O) groups is 1. The number of halogens is 1. The lowest BCUT2D eigenvalue weighted by molar-refractivity contribution is 0.0949. The summed E-state index contributed by atoms with van der Waals surface area (Å²) >= 11 is 0. The molecule has 12 heteroatoms. The molecule has 0 spiro atoms. The van der Waals surface area contributed by atoms with Crippen LogP contribution in [-0.4, -0.2) is 56.7 Å². The van der Waals surface area contributed by atoms with Gasteiger partial charge in [0.25, 0.3) is 5.91 Å². The zero-order valence-corrected chi connectivity index (χ0v) is 34.7. The highest BCUT2D eigenvalue weighted by Gasteiger charge is 2.28. The maximum atomic E-state index is 15.2. The van der Waals surface area contributed by atoms with E-state index in [9.17, 15) is 19.8 Å². The number of phenolic OH excluding ortho intramolecular Hbond substituents is 1. The van der Waals surface area contributed by atoms with Crippen molar-refractivity contribution in [1.82, 2.24) is 19.7 Å². The molecule has 318 valence electrons. The molecule has 3 aromatic heterocycles. The number of carbonyl (C=O) groups excluding carboxylic acids is 1. The number of ether oxygens (including phenoxy) is 1. The molecule has 0 saturated heterocycles. The first-order valence-electron chi connectivity index (χ1n) is 21.8. The number of aryl methyl sites for hydroxylation is 2. The number of nitrogens with one attached hydrogen (secondary N) is 1. The molecule has 11 nitrogen and oxygen atoms in total. The minimum Gasteiger partial charge on any atom is -0.508 e. The number of imidazole rings is 1. The quantitative estimate of drug-likeness (QED) is 0.0642. The van der Waals surface area contributed by atoms with E-state index in [1.54, 1.807) is 53.1 Å². The molecule has 0 fully saturated rings. The maximum Gasteiger partial charge on any atom is 0.349 e. The number of amides is 1. The van der Waals surface area contributed by atoms with Gasteiger partial charge in [0.2, 0.25) is 5.88 Å². The second kappa shape index (κ2) is 18.1. The molecular weight excluding hydrogens is 786 g/mol. The summed E-state index contributed by atoms with van der Waals surface area (Å²) in [5.74, 6) is -0.594. The number of aromatic hydroxyl groups is 2. The van der Waals surface area contributed by atoms with Crippen LogP contribution < -0.4 is 20.6 Å². The van der Waals surface area contributed by atoms with E-state index in [2.05, 4.69) is 16.3 Å². The van der Waals surface area contributed by atoms with Crippen LogP contribution in [0.2, 0.25) is 0 Å². The van der Waals surface area contributed by atoms with Crippen LogP contribution in [0.3, 0.4) is 0 Å². The van der Waals surface area contributed by atoms with Crippen molar-refractivity contribution in [2.24, 2.45) is 0 Å². The maximum absolute atomic E-state index is 15.2.